The molecule has 0 amide bonds. The van der Waals surface area contributed by atoms with Crippen LogP contribution < -0.4 is 5.32 Å². The van der Waals surface area contributed by atoms with Crippen LogP contribution in [0.5, 0.6) is 0 Å². The molecule has 4 heteroatoms. The van der Waals surface area contributed by atoms with Gasteiger partial charge < -0.3 is 5.32 Å². The fourth-order valence-electron chi connectivity index (χ4n) is 3.60. The Kier molecular flexibility index (Phi) is 4.99. The zero-order chi connectivity index (χ0) is 16.4. The highest BCUT2D eigenvalue weighted by Crippen LogP contribution is 2.39. The lowest BCUT2D eigenvalue weighted by atomic mass is 10.0. The molecule has 2 nitrogen and oxygen atoms in total. The summed E-state index contributed by atoms with van der Waals surface area (Å²) < 4.78 is 1.40. The molecule has 1 fully saturated rings. The molecular weight excluding hydrogens is 332 g/mol. The summed E-state index contributed by atoms with van der Waals surface area (Å²) in [6.45, 7) is 6.76. The maximum Gasteiger partial charge on any atom is 0.0710 e. The van der Waals surface area contributed by atoms with E-state index in [-0.39, 0.29) is 0 Å². The molecule has 1 atom stereocenters. The summed E-state index contributed by atoms with van der Waals surface area (Å²) in [6, 6.07) is 13.9. The topological polar surface area (TPSA) is 15.3 Å². The highest BCUT2D eigenvalue weighted by molar-refractivity contribution is 7.17. The number of nitrogens with one attached hydrogen (secondary N) is 1. The third-order valence-corrected chi connectivity index (χ3v) is 7.11. The quantitative estimate of drug-likeness (QED) is 0.714. The van der Waals surface area contributed by atoms with Crippen LogP contribution in [0.4, 0.5) is 0 Å². The van der Waals surface area contributed by atoms with Gasteiger partial charge in [0.05, 0.1) is 6.04 Å². The van der Waals surface area contributed by atoms with Crippen molar-refractivity contribution in [2.45, 2.75) is 25.8 Å². The van der Waals surface area contributed by atoms with E-state index in [1.165, 1.54) is 38.4 Å². The number of hydrogen-bond acceptors (Lipinski definition) is 4. The maximum absolute atomic E-state index is 3.55. The van der Waals surface area contributed by atoms with Crippen LogP contribution >= 0.6 is 22.7 Å². The van der Waals surface area contributed by atoms with Crippen LogP contribution in [0.1, 0.15) is 34.7 Å². The standard InChI is InChI=1S/C20H24N2S2/c1-2-15-8-9-19(24-15)20(22-12-5-10-21-11-13-22)17-14-23-18-7-4-3-6-16(17)18/h3-4,6-9,14,20-21H,2,5,10-13H2,1H3. The molecule has 4 rings (SSSR count). The Labute approximate surface area is 152 Å². The summed E-state index contributed by atoms with van der Waals surface area (Å²) >= 11 is 3.87. The minimum atomic E-state index is 0.395. The normalized spacial score (nSPS) is 17.9. The molecule has 1 saturated heterocycles. The summed E-state index contributed by atoms with van der Waals surface area (Å²) in [5.74, 6) is 0. The van der Waals surface area contributed by atoms with Crippen LogP contribution in [-0.4, -0.2) is 31.1 Å². The summed E-state index contributed by atoms with van der Waals surface area (Å²) in [4.78, 5) is 5.67. The van der Waals surface area contributed by atoms with Crippen molar-refractivity contribution in [2.24, 2.45) is 0 Å². The number of fused-ring (bicyclic) bond motifs is 1. The molecule has 0 radical (unpaired) electrons. The van der Waals surface area contributed by atoms with E-state index in [2.05, 4.69) is 58.9 Å². The monoisotopic (exact) mass is 356 g/mol. The molecule has 0 aliphatic carbocycles. The summed E-state index contributed by atoms with van der Waals surface area (Å²) in [5.41, 5.74) is 1.49. The smallest absolute Gasteiger partial charge is 0.0710 e. The van der Waals surface area contributed by atoms with Crippen LogP contribution in [0.2, 0.25) is 0 Å². The third kappa shape index (κ3) is 3.16. The fraction of sp³-hybridized carbons (Fsp3) is 0.400. The molecule has 0 bridgehead atoms. The number of aryl methyl sites for hydroxylation is 1. The average molecular weight is 357 g/mol. The van der Waals surface area contributed by atoms with Crippen LogP contribution in [0.3, 0.4) is 0 Å². The largest absolute Gasteiger partial charge is 0.315 e. The predicted octanol–water partition coefficient (Wildman–Crippen LogP) is 4.91. The Balaban J connectivity index is 1.79. The van der Waals surface area contributed by atoms with Gasteiger partial charge in [-0.05, 0) is 53.9 Å². The van der Waals surface area contributed by atoms with Crippen LogP contribution in [0, 0.1) is 0 Å². The molecule has 1 unspecified atom stereocenters. The van der Waals surface area contributed by atoms with E-state index in [9.17, 15) is 0 Å². The second-order valence-electron chi connectivity index (χ2n) is 6.39. The second-order valence-corrected chi connectivity index (χ2v) is 8.50. The van der Waals surface area contributed by atoms with Crippen molar-refractivity contribution >= 4 is 32.8 Å². The second kappa shape index (κ2) is 7.36. The van der Waals surface area contributed by atoms with Gasteiger partial charge in [0.25, 0.3) is 0 Å². The first kappa shape index (κ1) is 16.3. The van der Waals surface area contributed by atoms with Crippen LogP contribution in [0.25, 0.3) is 10.1 Å². The van der Waals surface area contributed by atoms with Crippen molar-refractivity contribution < 1.29 is 0 Å². The Hall–Kier alpha value is -1.20. The molecule has 1 aliphatic rings. The molecule has 2 aromatic heterocycles. The zero-order valence-corrected chi connectivity index (χ0v) is 15.8. The molecule has 3 aromatic rings. The van der Waals surface area contributed by atoms with Crippen molar-refractivity contribution in [1.82, 2.24) is 10.2 Å². The first-order valence-electron chi connectivity index (χ1n) is 8.86. The molecule has 126 valence electrons. The summed E-state index contributed by atoms with van der Waals surface area (Å²) in [6.07, 6.45) is 2.36. The van der Waals surface area contributed by atoms with Crippen LogP contribution in [0.15, 0.2) is 41.8 Å². The number of rotatable bonds is 4. The first-order valence-corrected chi connectivity index (χ1v) is 10.6. The Morgan fingerprint density at radius 2 is 2.04 bits per heavy atom. The highest BCUT2D eigenvalue weighted by atomic mass is 32.1. The van der Waals surface area contributed by atoms with Crippen molar-refractivity contribution in [2.75, 3.05) is 26.2 Å². The van der Waals surface area contributed by atoms with Gasteiger partial charge in [-0.1, -0.05) is 25.1 Å². The van der Waals surface area contributed by atoms with Gasteiger partial charge in [-0.15, -0.1) is 22.7 Å². The number of thiophene rings is 2. The van der Waals surface area contributed by atoms with Crippen molar-refractivity contribution in [1.29, 1.82) is 0 Å². The highest BCUT2D eigenvalue weighted by Gasteiger charge is 2.26. The molecule has 0 spiro atoms. The molecular formula is C20H24N2S2. The van der Waals surface area contributed by atoms with E-state index in [0.29, 0.717) is 6.04 Å². The average Bonchev–Trinajstić information content (AvgIpc) is 3.17. The molecule has 24 heavy (non-hydrogen) atoms. The number of hydrogen-bond donors (Lipinski definition) is 1. The third-order valence-electron chi connectivity index (χ3n) is 4.85. The van der Waals surface area contributed by atoms with Gasteiger partial charge in [0.2, 0.25) is 0 Å². The lowest BCUT2D eigenvalue weighted by molar-refractivity contribution is 0.245. The minimum absolute atomic E-state index is 0.395. The summed E-state index contributed by atoms with van der Waals surface area (Å²) in [5, 5.41) is 7.36. The van der Waals surface area contributed by atoms with Gasteiger partial charge in [0, 0.05) is 34.1 Å². The van der Waals surface area contributed by atoms with E-state index in [1.54, 1.807) is 0 Å². The Morgan fingerprint density at radius 1 is 1.12 bits per heavy atom. The zero-order valence-electron chi connectivity index (χ0n) is 14.1. The van der Waals surface area contributed by atoms with E-state index in [1.807, 2.05) is 22.7 Å². The maximum atomic E-state index is 3.55. The molecule has 1 N–H and O–H groups in total. The van der Waals surface area contributed by atoms with Gasteiger partial charge in [0.1, 0.15) is 0 Å². The molecule has 1 aromatic carbocycles. The van der Waals surface area contributed by atoms with Gasteiger partial charge in [0.15, 0.2) is 0 Å². The van der Waals surface area contributed by atoms with E-state index < -0.39 is 0 Å². The SMILES string of the molecule is CCc1ccc(C(c2csc3ccccc23)N2CCCNCC2)s1. The molecule has 0 saturated carbocycles. The Bertz CT molecular complexity index is 797. The van der Waals surface area contributed by atoms with Gasteiger partial charge >= 0.3 is 0 Å². The Morgan fingerprint density at radius 3 is 2.92 bits per heavy atom. The lowest BCUT2D eigenvalue weighted by Crippen LogP contribution is -2.32. The minimum Gasteiger partial charge on any atom is -0.315 e. The lowest BCUT2D eigenvalue weighted by Gasteiger charge is -2.30. The van der Waals surface area contributed by atoms with Crippen LogP contribution in [-0.2, 0) is 6.42 Å². The van der Waals surface area contributed by atoms with Gasteiger partial charge in [-0.2, -0.15) is 0 Å². The van der Waals surface area contributed by atoms with E-state index >= 15 is 0 Å². The number of nitrogens with zero attached hydrogens (tertiary/aromatic N) is 1. The summed E-state index contributed by atoms with van der Waals surface area (Å²) in [7, 11) is 0. The van der Waals surface area contributed by atoms with E-state index in [4.69, 9.17) is 0 Å². The predicted molar refractivity (Wildman–Crippen MR) is 106 cm³/mol. The van der Waals surface area contributed by atoms with E-state index in [0.717, 1.165) is 26.1 Å². The van der Waals surface area contributed by atoms with Gasteiger partial charge in [-0.3, -0.25) is 4.90 Å². The van der Waals surface area contributed by atoms with Crippen molar-refractivity contribution in [3.8, 4) is 0 Å². The first-order chi connectivity index (χ1) is 11.9. The van der Waals surface area contributed by atoms with Gasteiger partial charge in [-0.25, -0.2) is 0 Å². The molecule has 3 heterocycles. The molecule has 1 aliphatic heterocycles. The van der Waals surface area contributed by atoms with Crippen molar-refractivity contribution in [3.05, 3.63) is 57.1 Å². The fourth-order valence-corrected chi connectivity index (χ4v) is 5.68. The number of benzene rings is 1. The van der Waals surface area contributed by atoms with Crippen molar-refractivity contribution in [3.63, 3.8) is 0 Å².